The smallest absolute Gasteiger partial charge is 0.412 e. The molecule has 0 radical (unpaired) electrons. The number of hydrogen-bond donors (Lipinski definition) is 2. The molecule has 2 amide bonds. The molecule has 0 aromatic heterocycles. The topological polar surface area (TPSA) is 105 Å². The lowest BCUT2D eigenvalue weighted by molar-refractivity contribution is -0.154. The number of nitrogens with one attached hydrogen (secondary N) is 1. The molecule has 0 aliphatic heterocycles. The van der Waals surface area contributed by atoms with Gasteiger partial charge < -0.3 is 14.6 Å². The summed E-state index contributed by atoms with van der Waals surface area (Å²) >= 11 is 0. The van der Waals surface area contributed by atoms with Gasteiger partial charge in [-0.2, -0.15) is 0 Å². The number of amides is 2. The fourth-order valence-electron chi connectivity index (χ4n) is 2.11. The van der Waals surface area contributed by atoms with Crippen molar-refractivity contribution < 1.29 is 29.0 Å². The minimum atomic E-state index is -1.99. The van der Waals surface area contributed by atoms with Crippen LogP contribution in [0.4, 0.5) is 9.59 Å². The Hall–Kier alpha value is -1.99. The quantitative estimate of drug-likeness (QED) is 0.729. The van der Waals surface area contributed by atoms with Gasteiger partial charge in [0.1, 0.15) is 11.2 Å². The molecule has 0 aliphatic carbocycles. The van der Waals surface area contributed by atoms with Crippen molar-refractivity contribution in [3.8, 4) is 0 Å². The maximum absolute atomic E-state index is 12.4. The molecule has 0 fully saturated rings. The normalized spacial score (nSPS) is 14.5. The highest BCUT2D eigenvalue weighted by Gasteiger charge is 2.49. The molecule has 8 heteroatoms. The fraction of sp³-hybridized carbons (Fsp3) is 0.824. The number of ether oxygens (including phenoxy) is 2. The number of nitrogens with zero attached hydrogens (tertiary/aromatic N) is 1. The van der Waals surface area contributed by atoms with Crippen LogP contribution in [0.5, 0.6) is 0 Å². The Morgan fingerprint density at radius 3 is 1.76 bits per heavy atom. The van der Waals surface area contributed by atoms with E-state index >= 15 is 0 Å². The van der Waals surface area contributed by atoms with Gasteiger partial charge in [0, 0.05) is 13.5 Å². The van der Waals surface area contributed by atoms with Crippen LogP contribution in [0.3, 0.4) is 0 Å². The van der Waals surface area contributed by atoms with Crippen molar-refractivity contribution in [3.05, 3.63) is 0 Å². The second kappa shape index (κ2) is 7.93. The molecule has 0 bridgehead atoms. The lowest BCUT2D eigenvalue weighted by atomic mass is 9.96. The lowest BCUT2D eigenvalue weighted by Crippen LogP contribution is -2.67. The highest BCUT2D eigenvalue weighted by atomic mass is 16.6. The number of hydrogen-bond acceptors (Lipinski definition) is 5. The summed E-state index contributed by atoms with van der Waals surface area (Å²) in [7, 11) is 1.28. The zero-order valence-corrected chi connectivity index (χ0v) is 16.7. The minimum absolute atomic E-state index is 0.0165. The van der Waals surface area contributed by atoms with Crippen LogP contribution in [0, 0.1) is 5.92 Å². The summed E-state index contributed by atoms with van der Waals surface area (Å²) in [5.41, 5.74) is -3.60. The Kier molecular flexibility index (Phi) is 7.30. The number of carbonyl (C=O) groups is 3. The van der Waals surface area contributed by atoms with Gasteiger partial charge >= 0.3 is 18.2 Å². The largest absolute Gasteiger partial charge is 0.478 e. The molecule has 1 atom stereocenters. The molecule has 146 valence electrons. The van der Waals surface area contributed by atoms with Crippen molar-refractivity contribution in [1.29, 1.82) is 0 Å². The van der Waals surface area contributed by atoms with Crippen molar-refractivity contribution in [3.63, 3.8) is 0 Å². The Bertz CT molecular complexity index is 504. The number of carboxylic acid groups (broad SMARTS) is 1. The monoisotopic (exact) mass is 360 g/mol. The summed E-state index contributed by atoms with van der Waals surface area (Å²) in [4.78, 5) is 37.5. The third-order valence-electron chi connectivity index (χ3n) is 3.01. The molecule has 0 aliphatic rings. The first-order chi connectivity index (χ1) is 11.0. The predicted molar refractivity (Wildman–Crippen MR) is 93.2 cm³/mol. The van der Waals surface area contributed by atoms with E-state index in [4.69, 9.17) is 9.47 Å². The average Bonchev–Trinajstić information content (AvgIpc) is 2.31. The molecule has 0 unspecified atom stereocenters. The van der Waals surface area contributed by atoms with Crippen molar-refractivity contribution in [1.82, 2.24) is 10.2 Å². The van der Waals surface area contributed by atoms with Gasteiger partial charge in [-0.05, 0) is 47.5 Å². The van der Waals surface area contributed by atoms with Crippen LogP contribution < -0.4 is 5.32 Å². The molecule has 8 nitrogen and oxygen atoms in total. The second-order valence-electron chi connectivity index (χ2n) is 8.43. The molecule has 0 aromatic rings. The van der Waals surface area contributed by atoms with Gasteiger partial charge in [-0.1, -0.05) is 13.8 Å². The average molecular weight is 360 g/mol. The molecule has 2 N–H and O–H groups in total. The number of carboxylic acids is 1. The molecular formula is C17H32N2O6. The third kappa shape index (κ3) is 7.62. The molecule has 0 saturated carbocycles. The van der Waals surface area contributed by atoms with Gasteiger partial charge in [0.05, 0.1) is 0 Å². The van der Waals surface area contributed by atoms with Crippen LogP contribution >= 0.6 is 0 Å². The first kappa shape index (κ1) is 23.0. The van der Waals surface area contributed by atoms with E-state index in [0.29, 0.717) is 0 Å². The van der Waals surface area contributed by atoms with Crippen LogP contribution in [-0.4, -0.2) is 52.1 Å². The molecule has 0 heterocycles. The van der Waals surface area contributed by atoms with Crippen molar-refractivity contribution in [2.24, 2.45) is 5.92 Å². The predicted octanol–water partition coefficient (Wildman–Crippen LogP) is 3.21. The number of aliphatic carboxylic acids is 1. The maximum atomic E-state index is 12.4. The highest BCUT2D eigenvalue weighted by molar-refractivity contribution is 5.88. The van der Waals surface area contributed by atoms with E-state index in [1.54, 1.807) is 55.4 Å². The van der Waals surface area contributed by atoms with Gasteiger partial charge in [0.2, 0.25) is 5.66 Å². The van der Waals surface area contributed by atoms with Crippen molar-refractivity contribution in [2.45, 2.75) is 78.7 Å². The summed E-state index contributed by atoms with van der Waals surface area (Å²) < 4.78 is 10.4. The Morgan fingerprint density at radius 2 is 1.44 bits per heavy atom. The first-order valence-electron chi connectivity index (χ1n) is 8.21. The Balaban J connectivity index is 5.76. The standard InChI is InChI=1S/C17H32N2O6/c1-11(2)10-17(12(20)21,18-13(22)24-15(3,4)5)19(9)14(23)25-16(6,7)8/h11H,10H2,1-9H3,(H,18,22)(H,20,21)/t17-/m0/s1. The van der Waals surface area contributed by atoms with Gasteiger partial charge in [0.15, 0.2) is 0 Å². The number of carbonyl (C=O) groups excluding carboxylic acids is 2. The van der Waals surface area contributed by atoms with Crippen LogP contribution in [0.25, 0.3) is 0 Å². The second-order valence-corrected chi connectivity index (χ2v) is 8.43. The summed E-state index contributed by atoms with van der Waals surface area (Å²) in [6, 6.07) is 0. The summed E-state index contributed by atoms with van der Waals surface area (Å²) in [5.74, 6) is -1.50. The maximum Gasteiger partial charge on any atom is 0.412 e. The molecule has 0 saturated heterocycles. The minimum Gasteiger partial charge on any atom is -0.478 e. The van der Waals surface area contributed by atoms with E-state index in [-0.39, 0.29) is 12.3 Å². The third-order valence-corrected chi connectivity index (χ3v) is 3.01. The van der Waals surface area contributed by atoms with E-state index in [0.717, 1.165) is 4.90 Å². The van der Waals surface area contributed by atoms with E-state index < -0.39 is 35.0 Å². The van der Waals surface area contributed by atoms with Gasteiger partial charge in [-0.25, -0.2) is 14.4 Å². The van der Waals surface area contributed by atoms with Crippen LogP contribution in [0.2, 0.25) is 0 Å². The van der Waals surface area contributed by atoms with E-state index in [1.165, 1.54) is 7.05 Å². The lowest BCUT2D eigenvalue weighted by Gasteiger charge is -2.40. The van der Waals surface area contributed by atoms with Gasteiger partial charge in [-0.15, -0.1) is 0 Å². The molecule has 0 rings (SSSR count). The van der Waals surface area contributed by atoms with E-state index in [1.807, 2.05) is 0 Å². The van der Waals surface area contributed by atoms with Crippen LogP contribution in [0.15, 0.2) is 0 Å². The summed E-state index contributed by atoms with van der Waals surface area (Å²) in [5, 5.41) is 12.2. The summed E-state index contributed by atoms with van der Waals surface area (Å²) in [6.45, 7) is 13.6. The number of likely N-dealkylation sites (N-methyl/N-ethyl adjacent to an activating group) is 1. The van der Waals surface area contributed by atoms with Crippen molar-refractivity contribution in [2.75, 3.05) is 7.05 Å². The molecule has 0 aromatic carbocycles. The first-order valence-corrected chi connectivity index (χ1v) is 8.21. The fourth-order valence-corrected chi connectivity index (χ4v) is 2.11. The zero-order valence-electron chi connectivity index (χ0n) is 16.7. The van der Waals surface area contributed by atoms with Gasteiger partial charge in [0.25, 0.3) is 0 Å². The summed E-state index contributed by atoms with van der Waals surface area (Å²) in [6.07, 6.45) is -1.80. The SMILES string of the molecule is CC(C)C[C@@](NC(=O)OC(C)(C)C)(C(=O)O)N(C)C(=O)OC(C)(C)C. The highest BCUT2D eigenvalue weighted by Crippen LogP contribution is 2.24. The molecular weight excluding hydrogens is 328 g/mol. The zero-order chi connectivity index (χ0) is 20.2. The van der Waals surface area contributed by atoms with Crippen molar-refractivity contribution >= 4 is 18.2 Å². The Labute approximate surface area is 149 Å². The molecule has 25 heavy (non-hydrogen) atoms. The van der Waals surface area contributed by atoms with E-state index in [9.17, 15) is 19.5 Å². The Morgan fingerprint density at radius 1 is 1.00 bits per heavy atom. The number of alkyl carbamates (subject to hydrolysis) is 1. The molecule has 0 spiro atoms. The number of rotatable bonds is 5. The van der Waals surface area contributed by atoms with Crippen LogP contribution in [0.1, 0.15) is 61.8 Å². The van der Waals surface area contributed by atoms with E-state index in [2.05, 4.69) is 5.32 Å². The van der Waals surface area contributed by atoms with Gasteiger partial charge in [-0.3, -0.25) is 10.2 Å². The van der Waals surface area contributed by atoms with Crippen LogP contribution in [-0.2, 0) is 14.3 Å².